The number of hydrogen-bond acceptors (Lipinski definition) is 2. The van der Waals surface area contributed by atoms with Crippen molar-refractivity contribution in [1.82, 2.24) is 15.1 Å². The number of hydrogen-bond donors (Lipinski definition) is 1. The zero-order valence-electron chi connectivity index (χ0n) is 13.3. The smallest absolute Gasteiger partial charge is 0.123 e. The minimum atomic E-state index is -0.204. The molecule has 114 valence electrons. The summed E-state index contributed by atoms with van der Waals surface area (Å²) in [5.74, 6) is -0.204. The zero-order chi connectivity index (χ0) is 15.4. The van der Waals surface area contributed by atoms with Crippen LogP contribution in [-0.2, 0) is 13.0 Å². The molecule has 0 saturated carbocycles. The largest absolute Gasteiger partial charge is 0.313 e. The average Bonchev–Trinajstić information content (AvgIpc) is 2.74. The number of nitrogens with one attached hydrogen (secondary N) is 1. The molecule has 0 radical (unpaired) electrons. The van der Waals surface area contributed by atoms with Gasteiger partial charge in [-0.2, -0.15) is 5.10 Å². The molecule has 0 saturated heterocycles. The highest BCUT2D eigenvalue weighted by molar-refractivity contribution is 5.44. The van der Waals surface area contributed by atoms with Crippen LogP contribution in [0.3, 0.4) is 0 Å². The van der Waals surface area contributed by atoms with Gasteiger partial charge in [-0.05, 0) is 62.6 Å². The Morgan fingerprint density at radius 1 is 1.24 bits per heavy atom. The van der Waals surface area contributed by atoms with Crippen LogP contribution in [0.2, 0.25) is 0 Å². The maximum Gasteiger partial charge on any atom is 0.123 e. The van der Waals surface area contributed by atoms with Crippen molar-refractivity contribution in [2.45, 2.75) is 47.1 Å². The van der Waals surface area contributed by atoms with Gasteiger partial charge < -0.3 is 5.32 Å². The van der Waals surface area contributed by atoms with E-state index in [1.165, 1.54) is 11.6 Å². The Labute approximate surface area is 126 Å². The average molecular weight is 289 g/mol. The van der Waals surface area contributed by atoms with Gasteiger partial charge in [-0.25, -0.2) is 9.07 Å². The molecular weight excluding hydrogens is 265 g/mol. The second-order valence-corrected chi connectivity index (χ2v) is 5.36. The molecule has 2 aromatic rings. The lowest BCUT2D eigenvalue weighted by atomic mass is 10.1. The summed E-state index contributed by atoms with van der Waals surface area (Å²) in [6, 6.07) is 4.91. The first-order chi connectivity index (χ1) is 10.1. The van der Waals surface area contributed by atoms with Crippen molar-refractivity contribution in [3.63, 3.8) is 0 Å². The van der Waals surface area contributed by atoms with Crippen LogP contribution < -0.4 is 5.32 Å². The van der Waals surface area contributed by atoms with Gasteiger partial charge in [-0.3, -0.25) is 0 Å². The Morgan fingerprint density at radius 2 is 2.00 bits per heavy atom. The summed E-state index contributed by atoms with van der Waals surface area (Å²) in [6.07, 6.45) is 2.02. The summed E-state index contributed by atoms with van der Waals surface area (Å²) >= 11 is 0. The summed E-state index contributed by atoms with van der Waals surface area (Å²) < 4.78 is 15.5. The maximum absolute atomic E-state index is 13.6. The molecule has 1 aromatic heterocycles. The summed E-state index contributed by atoms with van der Waals surface area (Å²) in [5.41, 5.74) is 5.36. The molecule has 1 N–H and O–H groups in total. The molecule has 0 aliphatic rings. The first-order valence-corrected chi connectivity index (χ1v) is 7.63. The SMILES string of the molecule is CCCNCc1cc(F)ccc1-n1nc(C)c(CC)c1C. The molecule has 2 rings (SSSR count). The molecule has 0 fully saturated rings. The van der Waals surface area contributed by atoms with Crippen LogP contribution >= 0.6 is 0 Å². The van der Waals surface area contributed by atoms with E-state index >= 15 is 0 Å². The molecule has 0 bridgehead atoms. The molecule has 1 heterocycles. The van der Waals surface area contributed by atoms with Gasteiger partial charge in [-0.15, -0.1) is 0 Å². The Kier molecular flexibility index (Phi) is 5.12. The minimum absolute atomic E-state index is 0.204. The van der Waals surface area contributed by atoms with Crippen molar-refractivity contribution in [1.29, 1.82) is 0 Å². The lowest BCUT2D eigenvalue weighted by Gasteiger charge is -2.12. The van der Waals surface area contributed by atoms with Crippen LogP contribution in [0.5, 0.6) is 0 Å². The third kappa shape index (κ3) is 3.32. The summed E-state index contributed by atoms with van der Waals surface area (Å²) in [7, 11) is 0. The molecule has 0 aliphatic carbocycles. The fourth-order valence-electron chi connectivity index (χ4n) is 2.72. The van der Waals surface area contributed by atoms with E-state index in [1.807, 2.05) is 17.7 Å². The van der Waals surface area contributed by atoms with E-state index in [4.69, 9.17) is 0 Å². The van der Waals surface area contributed by atoms with Gasteiger partial charge in [0.2, 0.25) is 0 Å². The molecule has 21 heavy (non-hydrogen) atoms. The standard InChI is InChI=1S/C17H24FN3/c1-5-9-19-11-14-10-15(18)7-8-17(14)21-13(4)16(6-2)12(3)20-21/h7-8,10,19H,5-6,9,11H2,1-4H3. The van der Waals surface area contributed by atoms with Gasteiger partial charge in [0.05, 0.1) is 11.4 Å². The second kappa shape index (κ2) is 6.85. The van der Waals surface area contributed by atoms with Crippen molar-refractivity contribution in [2.75, 3.05) is 6.54 Å². The quantitative estimate of drug-likeness (QED) is 0.822. The molecule has 0 aliphatic heterocycles. The van der Waals surface area contributed by atoms with Crippen LogP contribution in [-0.4, -0.2) is 16.3 Å². The van der Waals surface area contributed by atoms with E-state index in [2.05, 4.69) is 31.2 Å². The third-order valence-electron chi connectivity index (χ3n) is 3.81. The molecule has 1 aromatic carbocycles. The number of benzene rings is 1. The van der Waals surface area contributed by atoms with E-state index in [-0.39, 0.29) is 5.82 Å². The van der Waals surface area contributed by atoms with Crippen molar-refractivity contribution >= 4 is 0 Å². The van der Waals surface area contributed by atoms with Crippen LogP contribution in [0, 0.1) is 19.7 Å². The van der Waals surface area contributed by atoms with E-state index < -0.39 is 0 Å². The minimum Gasteiger partial charge on any atom is -0.313 e. The van der Waals surface area contributed by atoms with Crippen LogP contribution in [0.4, 0.5) is 4.39 Å². The van der Waals surface area contributed by atoms with Gasteiger partial charge in [-0.1, -0.05) is 13.8 Å². The van der Waals surface area contributed by atoms with Crippen molar-refractivity contribution in [3.8, 4) is 5.69 Å². The molecule has 0 amide bonds. The van der Waals surface area contributed by atoms with Gasteiger partial charge in [0.15, 0.2) is 0 Å². The van der Waals surface area contributed by atoms with E-state index in [1.54, 1.807) is 6.07 Å². The Balaban J connectivity index is 2.43. The zero-order valence-corrected chi connectivity index (χ0v) is 13.3. The Bertz CT molecular complexity index is 617. The molecule has 0 atom stereocenters. The number of rotatable bonds is 6. The van der Waals surface area contributed by atoms with Crippen molar-refractivity contribution < 1.29 is 4.39 Å². The fraction of sp³-hybridized carbons (Fsp3) is 0.471. The topological polar surface area (TPSA) is 29.9 Å². The molecule has 4 heteroatoms. The van der Waals surface area contributed by atoms with Crippen LogP contribution in [0.1, 0.15) is 42.8 Å². The third-order valence-corrected chi connectivity index (χ3v) is 3.81. The summed E-state index contributed by atoms with van der Waals surface area (Å²) in [5, 5.41) is 7.97. The highest BCUT2D eigenvalue weighted by Gasteiger charge is 2.14. The molecule has 3 nitrogen and oxygen atoms in total. The molecule has 0 spiro atoms. The van der Waals surface area contributed by atoms with Gasteiger partial charge in [0.25, 0.3) is 0 Å². The Hall–Kier alpha value is -1.68. The summed E-state index contributed by atoms with van der Waals surface area (Å²) in [4.78, 5) is 0. The van der Waals surface area contributed by atoms with Gasteiger partial charge in [0, 0.05) is 12.2 Å². The normalized spacial score (nSPS) is 11.1. The van der Waals surface area contributed by atoms with Gasteiger partial charge >= 0.3 is 0 Å². The van der Waals surface area contributed by atoms with E-state index in [0.717, 1.165) is 42.0 Å². The van der Waals surface area contributed by atoms with Crippen molar-refractivity contribution in [2.24, 2.45) is 0 Å². The van der Waals surface area contributed by atoms with E-state index in [0.29, 0.717) is 6.54 Å². The molecular formula is C17H24FN3. The predicted molar refractivity (Wildman–Crippen MR) is 84.4 cm³/mol. The number of aromatic nitrogens is 2. The monoisotopic (exact) mass is 289 g/mol. The highest BCUT2D eigenvalue weighted by Crippen LogP contribution is 2.22. The maximum atomic E-state index is 13.6. The molecule has 0 unspecified atom stereocenters. The van der Waals surface area contributed by atoms with Gasteiger partial charge in [0.1, 0.15) is 5.82 Å². The number of halogens is 1. The number of nitrogens with zero attached hydrogens (tertiary/aromatic N) is 2. The van der Waals surface area contributed by atoms with Crippen LogP contribution in [0.15, 0.2) is 18.2 Å². The van der Waals surface area contributed by atoms with Crippen molar-refractivity contribution in [3.05, 3.63) is 46.5 Å². The lowest BCUT2D eigenvalue weighted by Crippen LogP contribution is -2.16. The Morgan fingerprint density at radius 3 is 2.62 bits per heavy atom. The number of aryl methyl sites for hydroxylation is 1. The first-order valence-electron chi connectivity index (χ1n) is 7.63. The van der Waals surface area contributed by atoms with Crippen LogP contribution in [0.25, 0.3) is 5.69 Å². The highest BCUT2D eigenvalue weighted by atomic mass is 19.1. The first kappa shape index (κ1) is 15.7. The lowest BCUT2D eigenvalue weighted by molar-refractivity contribution is 0.616. The second-order valence-electron chi connectivity index (χ2n) is 5.36. The predicted octanol–water partition coefficient (Wildman–Crippen LogP) is 3.69. The van der Waals surface area contributed by atoms with E-state index in [9.17, 15) is 4.39 Å². The summed E-state index contributed by atoms with van der Waals surface area (Å²) in [6.45, 7) is 9.93. The fourth-order valence-corrected chi connectivity index (χ4v) is 2.72.